The summed E-state index contributed by atoms with van der Waals surface area (Å²) in [7, 11) is -3.01. The molecule has 1 unspecified atom stereocenters. The number of aromatic nitrogens is 2. The minimum Gasteiger partial charge on any atom is -0.309 e. The summed E-state index contributed by atoms with van der Waals surface area (Å²) in [5.74, 6) is 0. The average Bonchev–Trinajstić information content (AvgIpc) is 3.42. The average molecular weight is 493 g/mol. The molecular formula is C33H21N2OP. The summed E-state index contributed by atoms with van der Waals surface area (Å²) in [6, 6.07) is 41.4. The first-order valence-electron chi connectivity index (χ1n) is 12.4. The lowest BCUT2D eigenvalue weighted by Crippen LogP contribution is -2.20. The van der Waals surface area contributed by atoms with E-state index in [2.05, 4.69) is 71.3 Å². The molecule has 1 aliphatic heterocycles. The number of rotatable bonds is 2. The molecule has 0 saturated heterocycles. The van der Waals surface area contributed by atoms with Gasteiger partial charge in [-0.05, 0) is 41.5 Å². The Morgan fingerprint density at radius 3 is 2.30 bits per heavy atom. The smallest absolute Gasteiger partial charge is 0.172 e. The minimum absolute atomic E-state index is 0.877. The van der Waals surface area contributed by atoms with Crippen LogP contribution in [0.15, 0.2) is 128 Å². The summed E-state index contributed by atoms with van der Waals surface area (Å²) in [6.45, 7) is 0. The number of para-hydroxylation sites is 2. The summed E-state index contributed by atoms with van der Waals surface area (Å²) in [4.78, 5) is 4.76. The Morgan fingerprint density at radius 2 is 1.38 bits per heavy atom. The molecule has 0 amide bonds. The number of hydrogen-bond acceptors (Lipinski definition) is 2. The summed E-state index contributed by atoms with van der Waals surface area (Å²) >= 11 is 0. The van der Waals surface area contributed by atoms with Crippen LogP contribution in [-0.4, -0.2) is 9.55 Å². The number of benzene rings is 5. The molecule has 5 aromatic carbocycles. The molecule has 0 radical (unpaired) electrons. The zero-order chi connectivity index (χ0) is 24.6. The summed E-state index contributed by atoms with van der Waals surface area (Å²) in [5.41, 5.74) is 6.31. The van der Waals surface area contributed by atoms with E-state index in [1.54, 1.807) is 0 Å². The van der Waals surface area contributed by atoms with E-state index in [1.807, 2.05) is 60.8 Å². The fourth-order valence-electron chi connectivity index (χ4n) is 6.03. The third kappa shape index (κ3) is 2.72. The summed E-state index contributed by atoms with van der Waals surface area (Å²) in [6.07, 6.45) is 1.85. The molecule has 0 spiro atoms. The van der Waals surface area contributed by atoms with E-state index < -0.39 is 7.14 Å². The Morgan fingerprint density at radius 1 is 0.595 bits per heavy atom. The van der Waals surface area contributed by atoms with Crippen molar-refractivity contribution in [2.45, 2.75) is 0 Å². The van der Waals surface area contributed by atoms with Gasteiger partial charge >= 0.3 is 0 Å². The summed E-state index contributed by atoms with van der Waals surface area (Å²) < 4.78 is 17.4. The zero-order valence-corrected chi connectivity index (χ0v) is 20.8. The topological polar surface area (TPSA) is 34.9 Å². The highest BCUT2D eigenvalue weighted by molar-refractivity contribution is 7.86. The second-order valence-electron chi connectivity index (χ2n) is 9.55. The zero-order valence-electron chi connectivity index (χ0n) is 19.9. The lowest BCUT2D eigenvalue weighted by atomic mass is 10.0. The maximum Gasteiger partial charge on any atom is 0.172 e. The molecule has 174 valence electrons. The highest BCUT2D eigenvalue weighted by Crippen LogP contribution is 2.53. The van der Waals surface area contributed by atoms with Crippen molar-refractivity contribution in [1.29, 1.82) is 0 Å². The van der Waals surface area contributed by atoms with Gasteiger partial charge in [-0.3, -0.25) is 4.98 Å². The molecule has 3 nitrogen and oxygen atoms in total. The third-order valence-corrected chi connectivity index (χ3v) is 10.8. The predicted octanol–water partition coefficient (Wildman–Crippen LogP) is 6.95. The number of pyridine rings is 1. The van der Waals surface area contributed by atoms with Crippen molar-refractivity contribution in [1.82, 2.24) is 9.55 Å². The van der Waals surface area contributed by atoms with E-state index in [9.17, 15) is 0 Å². The maximum absolute atomic E-state index is 15.1. The molecule has 37 heavy (non-hydrogen) atoms. The van der Waals surface area contributed by atoms with Gasteiger partial charge in [0.2, 0.25) is 0 Å². The lowest BCUT2D eigenvalue weighted by Gasteiger charge is -2.16. The SMILES string of the molecule is O=P1(c2ccccc2)c2ccccc2-c2cc3c(cc21)c1ccccc1n3-c1cccc2cccnc12. The monoisotopic (exact) mass is 492 g/mol. The number of fused-ring (bicyclic) bond motifs is 7. The first kappa shape index (κ1) is 20.7. The van der Waals surface area contributed by atoms with E-state index in [0.29, 0.717) is 0 Å². The Labute approximate surface area is 214 Å². The van der Waals surface area contributed by atoms with Crippen molar-refractivity contribution in [3.05, 3.63) is 128 Å². The van der Waals surface area contributed by atoms with Crippen LogP contribution in [0.25, 0.3) is 49.5 Å². The molecule has 1 aliphatic rings. The van der Waals surface area contributed by atoms with Crippen LogP contribution in [0.2, 0.25) is 0 Å². The molecule has 4 heteroatoms. The molecule has 0 bridgehead atoms. The molecule has 7 aromatic rings. The Bertz CT molecular complexity index is 2070. The minimum atomic E-state index is -3.01. The van der Waals surface area contributed by atoms with Crippen LogP contribution >= 0.6 is 7.14 Å². The van der Waals surface area contributed by atoms with E-state index >= 15 is 4.57 Å². The van der Waals surface area contributed by atoms with Crippen molar-refractivity contribution in [3.63, 3.8) is 0 Å². The van der Waals surface area contributed by atoms with Crippen molar-refractivity contribution < 1.29 is 4.57 Å². The van der Waals surface area contributed by atoms with Gasteiger partial charge in [-0.25, -0.2) is 0 Å². The molecule has 0 saturated carbocycles. The Kier molecular flexibility index (Phi) is 4.21. The largest absolute Gasteiger partial charge is 0.309 e. The summed E-state index contributed by atoms with van der Waals surface area (Å²) in [5, 5.41) is 6.07. The van der Waals surface area contributed by atoms with Gasteiger partial charge < -0.3 is 9.13 Å². The van der Waals surface area contributed by atoms with Crippen LogP contribution in [0.5, 0.6) is 0 Å². The van der Waals surface area contributed by atoms with Crippen molar-refractivity contribution in [2.75, 3.05) is 0 Å². The van der Waals surface area contributed by atoms with Crippen LogP contribution in [0.4, 0.5) is 0 Å². The molecule has 0 aliphatic carbocycles. The lowest BCUT2D eigenvalue weighted by molar-refractivity contribution is 0.593. The predicted molar refractivity (Wildman–Crippen MR) is 154 cm³/mol. The molecule has 3 heterocycles. The van der Waals surface area contributed by atoms with Crippen molar-refractivity contribution in [2.24, 2.45) is 0 Å². The Hall–Kier alpha value is -4.46. The second-order valence-corrected chi connectivity index (χ2v) is 12.3. The normalized spacial score (nSPS) is 16.3. The van der Waals surface area contributed by atoms with E-state index in [1.165, 1.54) is 0 Å². The van der Waals surface area contributed by atoms with Gasteiger partial charge in [-0.2, -0.15) is 0 Å². The van der Waals surface area contributed by atoms with Crippen LogP contribution in [0, 0.1) is 0 Å². The highest BCUT2D eigenvalue weighted by Gasteiger charge is 2.40. The number of nitrogens with zero attached hydrogens (tertiary/aromatic N) is 2. The van der Waals surface area contributed by atoms with Gasteiger partial charge in [0.05, 0.1) is 22.2 Å². The van der Waals surface area contributed by atoms with E-state index in [0.717, 1.165) is 65.4 Å². The van der Waals surface area contributed by atoms with Gasteiger partial charge in [0.1, 0.15) is 0 Å². The first-order chi connectivity index (χ1) is 18.2. The van der Waals surface area contributed by atoms with Crippen molar-refractivity contribution in [3.8, 4) is 16.8 Å². The standard InChI is InChI=1S/C33H21N2OP/c36-37(23-12-2-1-3-13-23)31-18-7-5-15-25(31)27-20-30-26(21-32(27)37)24-14-4-6-16-28(24)35(30)29-17-8-10-22-11-9-19-34-33(22)29/h1-21H. The van der Waals surface area contributed by atoms with E-state index in [-0.39, 0.29) is 0 Å². The molecule has 0 fully saturated rings. The van der Waals surface area contributed by atoms with Gasteiger partial charge in [-0.1, -0.05) is 91.0 Å². The molecule has 0 N–H and O–H groups in total. The van der Waals surface area contributed by atoms with Gasteiger partial charge in [0, 0.05) is 38.3 Å². The quantitative estimate of drug-likeness (QED) is 0.245. The first-order valence-corrected chi connectivity index (χ1v) is 14.1. The van der Waals surface area contributed by atoms with Crippen LogP contribution in [0.3, 0.4) is 0 Å². The van der Waals surface area contributed by atoms with Crippen LogP contribution in [0.1, 0.15) is 0 Å². The van der Waals surface area contributed by atoms with E-state index in [4.69, 9.17) is 4.98 Å². The molecular weight excluding hydrogens is 471 g/mol. The molecule has 8 rings (SSSR count). The third-order valence-electron chi connectivity index (χ3n) is 7.63. The van der Waals surface area contributed by atoms with Gasteiger partial charge in [0.15, 0.2) is 7.14 Å². The van der Waals surface area contributed by atoms with Crippen molar-refractivity contribution >= 4 is 55.8 Å². The fraction of sp³-hybridized carbons (Fsp3) is 0. The Balaban J connectivity index is 1.54. The molecule has 2 aromatic heterocycles. The fourth-order valence-corrected chi connectivity index (χ4v) is 9.10. The molecule has 1 atom stereocenters. The second kappa shape index (κ2) is 7.52. The maximum atomic E-state index is 15.1. The highest BCUT2D eigenvalue weighted by atomic mass is 31.2. The number of hydrogen-bond donors (Lipinski definition) is 0. The van der Waals surface area contributed by atoms with Gasteiger partial charge in [-0.15, -0.1) is 0 Å². The van der Waals surface area contributed by atoms with Gasteiger partial charge in [0.25, 0.3) is 0 Å². The van der Waals surface area contributed by atoms with Crippen LogP contribution < -0.4 is 15.9 Å². The van der Waals surface area contributed by atoms with Crippen LogP contribution in [-0.2, 0) is 4.57 Å².